The Labute approximate surface area is 98.7 Å². The number of hydrogen-bond acceptors (Lipinski definition) is 4. The second kappa shape index (κ2) is 5.41. The highest BCUT2D eigenvalue weighted by atomic mass is 32.2. The lowest BCUT2D eigenvalue weighted by Crippen LogP contribution is -2.29. The van der Waals surface area contributed by atoms with Crippen LogP contribution in [0.1, 0.15) is 37.2 Å². The van der Waals surface area contributed by atoms with E-state index in [0.29, 0.717) is 23.7 Å². The van der Waals surface area contributed by atoms with E-state index in [9.17, 15) is 9.90 Å². The van der Waals surface area contributed by atoms with Gasteiger partial charge in [-0.3, -0.25) is 0 Å². The molecule has 5 heteroatoms. The highest BCUT2D eigenvalue weighted by molar-refractivity contribution is 7.99. The smallest absolute Gasteiger partial charge is 0.371 e. The predicted molar refractivity (Wildman–Crippen MR) is 61.9 cm³/mol. The van der Waals surface area contributed by atoms with E-state index in [1.807, 2.05) is 13.8 Å². The molecular formula is C11H16O4S. The van der Waals surface area contributed by atoms with Crippen LogP contribution >= 0.6 is 11.8 Å². The fraction of sp³-hybridized carbons (Fsp3) is 0.545. The summed E-state index contributed by atoms with van der Waals surface area (Å²) in [5.74, 6) is -0.640. The van der Waals surface area contributed by atoms with Gasteiger partial charge in [0.2, 0.25) is 5.76 Å². The summed E-state index contributed by atoms with van der Waals surface area (Å²) < 4.78 is 5.08. The van der Waals surface area contributed by atoms with Crippen molar-refractivity contribution in [2.75, 3.05) is 5.75 Å². The molecule has 4 nitrogen and oxygen atoms in total. The minimum absolute atomic E-state index is 0.0703. The Morgan fingerprint density at radius 1 is 1.44 bits per heavy atom. The summed E-state index contributed by atoms with van der Waals surface area (Å²) in [5, 5.41) is 19.2. The maximum Gasteiger partial charge on any atom is 0.371 e. The van der Waals surface area contributed by atoms with E-state index in [1.54, 1.807) is 6.07 Å². The van der Waals surface area contributed by atoms with Crippen molar-refractivity contribution < 1.29 is 19.4 Å². The minimum atomic E-state index is -1.08. The Morgan fingerprint density at radius 2 is 2.06 bits per heavy atom. The summed E-state index contributed by atoms with van der Waals surface area (Å²) in [6.07, 6.45) is 1.34. The normalized spacial score (nSPS) is 11.7. The van der Waals surface area contributed by atoms with Crippen molar-refractivity contribution >= 4 is 17.7 Å². The van der Waals surface area contributed by atoms with Crippen LogP contribution in [-0.4, -0.2) is 27.5 Å². The van der Waals surface area contributed by atoms with E-state index >= 15 is 0 Å². The first-order chi connectivity index (χ1) is 7.50. The van der Waals surface area contributed by atoms with Crippen LogP contribution in [0.25, 0.3) is 0 Å². The number of aliphatic hydroxyl groups is 1. The topological polar surface area (TPSA) is 70.7 Å². The highest BCUT2D eigenvalue weighted by Crippen LogP contribution is 2.28. The van der Waals surface area contributed by atoms with Gasteiger partial charge < -0.3 is 14.6 Å². The van der Waals surface area contributed by atoms with Crippen LogP contribution in [0.15, 0.2) is 21.6 Å². The Kier molecular flexibility index (Phi) is 4.44. The number of carbonyl (C=O) groups is 1. The molecule has 0 saturated heterocycles. The zero-order valence-corrected chi connectivity index (χ0v) is 10.2. The molecule has 0 spiro atoms. The van der Waals surface area contributed by atoms with Gasteiger partial charge in [-0.25, -0.2) is 4.79 Å². The monoisotopic (exact) mass is 244 g/mol. The molecule has 90 valence electrons. The molecule has 0 aliphatic rings. The molecule has 0 bridgehead atoms. The standard InChI is InChI=1S/C11H16O4S/c1-3-11(14,4-2)7-16-9-6-5-8(15-9)10(12)13/h5-6,14H,3-4,7H2,1-2H3,(H,12,13). The van der Waals surface area contributed by atoms with Gasteiger partial charge in [0.25, 0.3) is 0 Å². The van der Waals surface area contributed by atoms with Gasteiger partial charge in [-0.05, 0) is 25.0 Å². The van der Waals surface area contributed by atoms with Gasteiger partial charge in [0, 0.05) is 5.75 Å². The van der Waals surface area contributed by atoms with Crippen LogP contribution in [0.3, 0.4) is 0 Å². The van der Waals surface area contributed by atoms with Gasteiger partial charge in [0.05, 0.1) is 5.60 Å². The molecule has 0 atom stereocenters. The summed E-state index contributed by atoms with van der Waals surface area (Å²) in [7, 11) is 0. The van der Waals surface area contributed by atoms with Gasteiger partial charge in [-0.15, -0.1) is 0 Å². The van der Waals surface area contributed by atoms with Gasteiger partial charge in [0.15, 0.2) is 5.09 Å². The molecule has 1 aromatic heterocycles. The number of hydrogen-bond donors (Lipinski definition) is 2. The maximum atomic E-state index is 10.6. The Balaban J connectivity index is 2.57. The van der Waals surface area contributed by atoms with Crippen LogP contribution in [0, 0.1) is 0 Å². The van der Waals surface area contributed by atoms with Crippen molar-refractivity contribution in [3.05, 3.63) is 17.9 Å². The third-order valence-corrected chi connectivity index (χ3v) is 3.78. The highest BCUT2D eigenvalue weighted by Gasteiger charge is 2.23. The average molecular weight is 244 g/mol. The van der Waals surface area contributed by atoms with Crippen molar-refractivity contribution in [1.29, 1.82) is 0 Å². The fourth-order valence-corrected chi connectivity index (χ4v) is 2.30. The maximum absolute atomic E-state index is 10.6. The largest absolute Gasteiger partial charge is 0.475 e. The van der Waals surface area contributed by atoms with E-state index in [-0.39, 0.29) is 5.76 Å². The van der Waals surface area contributed by atoms with E-state index in [4.69, 9.17) is 9.52 Å². The lowest BCUT2D eigenvalue weighted by Gasteiger charge is -2.23. The molecular weight excluding hydrogens is 228 g/mol. The number of thioether (sulfide) groups is 1. The van der Waals surface area contributed by atoms with Gasteiger partial charge in [-0.1, -0.05) is 25.6 Å². The Bertz CT molecular complexity index is 355. The molecule has 0 radical (unpaired) electrons. The summed E-state index contributed by atoms with van der Waals surface area (Å²) in [5.41, 5.74) is -0.707. The third kappa shape index (κ3) is 3.28. The molecule has 0 saturated carbocycles. The SMILES string of the molecule is CCC(O)(CC)CSc1ccc(C(=O)O)o1. The Morgan fingerprint density at radius 3 is 2.50 bits per heavy atom. The van der Waals surface area contributed by atoms with Gasteiger partial charge >= 0.3 is 5.97 Å². The minimum Gasteiger partial charge on any atom is -0.475 e. The summed E-state index contributed by atoms with van der Waals surface area (Å²) in [6, 6.07) is 3.03. The number of furan rings is 1. The molecule has 0 aliphatic carbocycles. The second-order valence-corrected chi connectivity index (χ2v) is 4.62. The van der Waals surface area contributed by atoms with E-state index in [2.05, 4.69) is 0 Å². The first-order valence-corrected chi connectivity index (χ1v) is 6.17. The molecule has 1 aromatic rings. The number of carboxylic acids is 1. The van der Waals surface area contributed by atoms with Gasteiger partial charge in [-0.2, -0.15) is 0 Å². The molecule has 0 fully saturated rings. The summed E-state index contributed by atoms with van der Waals surface area (Å²) in [6.45, 7) is 3.85. The quantitative estimate of drug-likeness (QED) is 0.753. The van der Waals surface area contributed by atoms with Gasteiger partial charge in [0.1, 0.15) is 0 Å². The molecule has 16 heavy (non-hydrogen) atoms. The molecule has 0 aromatic carbocycles. The Hall–Kier alpha value is -0.940. The zero-order valence-electron chi connectivity index (χ0n) is 9.40. The number of aromatic carboxylic acids is 1. The van der Waals surface area contributed by atoms with Crippen LogP contribution in [0.5, 0.6) is 0 Å². The third-order valence-electron chi connectivity index (χ3n) is 2.59. The molecule has 1 heterocycles. The average Bonchev–Trinajstić information content (AvgIpc) is 2.75. The van der Waals surface area contributed by atoms with E-state index in [0.717, 1.165) is 0 Å². The van der Waals surface area contributed by atoms with Crippen molar-refractivity contribution in [2.45, 2.75) is 37.4 Å². The molecule has 0 amide bonds. The lowest BCUT2D eigenvalue weighted by molar-refractivity contribution is 0.0570. The second-order valence-electron chi connectivity index (χ2n) is 3.64. The first-order valence-electron chi connectivity index (χ1n) is 5.19. The van der Waals surface area contributed by atoms with E-state index < -0.39 is 11.6 Å². The van der Waals surface area contributed by atoms with Crippen LogP contribution in [0.4, 0.5) is 0 Å². The van der Waals surface area contributed by atoms with Crippen molar-refractivity contribution in [1.82, 2.24) is 0 Å². The molecule has 0 unspecified atom stereocenters. The number of carboxylic acid groups (broad SMARTS) is 1. The van der Waals surface area contributed by atoms with Crippen molar-refractivity contribution in [2.24, 2.45) is 0 Å². The molecule has 2 N–H and O–H groups in total. The van der Waals surface area contributed by atoms with Crippen molar-refractivity contribution in [3.63, 3.8) is 0 Å². The lowest BCUT2D eigenvalue weighted by atomic mass is 10.0. The molecule has 0 aliphatic heterocycles. The fourth-order valence-electron chi connectivity index (χ4n) is 1.17. The first kappa shape index (κ1) is 13.1. The number of rotatable bonds is 6. The summed E-state index contributed by atoms with van der Waals surface area (Å²) in [4.78, 5) is 10.6. The molecule has 1 rings (SSSR count). The van der Waals surface area contributed by atoms with Crippen LogP contribution < -0.4 is 0 Å². The van der Waals surface area contributed by atoms with E-state index in [1.165, 1.54) is 17.8 Å². The predicted octanol–water partition coefficient (Wildman–Crippen LogP) is 2.62. The summed E-state index contributed by atoms with van der Waals surface area (Å²) >= 11 is 1.33. The van der Waals surface area contributed by atoms with Crippen LogP contribution in [0.2, 0.25) is 0 Å². The van der Waals surface area contributed by atoms with Crippen LogP contribution in [-0.2, 0) is 0 Å². The van der Waals surface area contributed by atoms with Crippen molar-refractivity contribution in [3.8, 4) is 0 Å². The zero-order chi connectivity index (χ0) is 12.2.